The van der Waals surface area contributed by atoms with Gasteiger partial charge in [0, 0.05) is 18.0 Å². The van der Waals surface area contributed by atoms with Gasteiger partial charge in [-0.2, -0.15) is 0 Å². The number of carbonyl (C=O) groups excluding carboxylic acids is 1. The van der Waals surface area contributed by atoms with Crippen LogP contribution in [-0.4, -0.2) is 15.3 Å². The lowest BCUT2D eigenvalue weighted by Gasteiger charge is -2.18. The highest BCUT2D eigenvalue weighted by atomic mass is 16.2. The Morgan fingerprint density at radius 1 is 1.12 bits per heavy atom. The molecule has 1 amide bonds. The molecule has 0 aliphatic carbocycles. The highest BCUT2D eigenvalue weighted by Gasteiger charge is 2.24. The lowest BCUT2D eigenvalue weighted by Crippen LogP contribution is -2.28. The third kappa shape index (κ3) is 3.32. The van der Waals surface area contributed by atoms with Crippen LogP contribution in [0, 0.1) is 12.3 Å². The fourth-order valence-corrected chi connectivity index (χ4v) is 2.54. The summed E-state index contributed by atoms with van der Waals surface area (Å²) in [6.45, 7) is 7.76. The standard InChI is InChI=1S/C20H23N3O/c1-14-10-11-17-21-16(12-15-8-6-5-7-9-15)18(23(17)13-14)22-19(24)20(2,3)4/h5-11,13H,12H2,1-4H3,(H,22,24). The molecule has 0 saturated carbocycles. The van der Waals surface area contributed by atoms with Gasteiger partial charge in [-0.1, -0.05) is 57.2 Å². The second-order valence-corrected chi connectivity index (χ2v) is 7.21. The molecule has 24 heavy (non-hydrogen) atoms. The average molecular weight is 321 g/mol. The van der Waals surface area contributed by atoms with Gasteiger partial charge in [-0.3, -0.25) is 9.20 Å². The van der Waals surface area contributed by atoms with Crippen molar-refractivity contribution in [1.82, 2.24) is 9.38 Å². The zero-order chi connectivity index (χ0) is 17.3. The Labute approximate surface area is 142 Å². The van der Waals surface area contributed by atoms with Gasteiger partial charge >= 0.3 is 0 Å². The van der Waals surface area contributed by atoms with E-state index in [0.717, 1.165) is 22.7 Å². The van der Waals surface area contributed by atoms with Gasteiger partial charge in [0.25, 0.3) is 0 Å². The van der Waals surface area contributed by atoms with E-state index >= 15 is 0 Å². The molecule has 0 fully saturated rings. The van der Waals surface area contributed by atoms with Crippen LogP contribution in [0.5, 0.6) is 0 Å². The number of pyridine rings is 1. The Hall–Kier alpha value is -2.62. The molecular formula is C20H23N3O. The minimum atomic E-state index is -0.460. The Morgan fingerprint density at radius 2 is 1.83 bits per heavy atom. The number of hydrogen-bond donors (Lipinski definition) is 1. The largest absolute Gasteiger partial charge is 0.310 e. The Kier molecular flexibility index (Phi) is 4.14. The summed E-state index contributed by atoms with van der Waals surface area (Å²) >= 11 is 0. The summed E-state index contributed by atoms with van der Waals surface area (Å²) in [5.41, 5.74) is 3.55. The SMILES string of the molecule is Cc1ccc2nc(Cc3ccccc3)c(NC(=O)C(C)(C)C)n2c1. The molecule has 0 saturated heterocycles. The van der Waals surface area contributed by atoms with Crippen LogP contribution in [0.25, 0.3) is 5.65 Å². The number of hydrogen-bond acceptors (Lipinski definition) is 2. The number of carbonyl (C=O) groups is 1. The first-order valence-corrected chi connectivity index (χ1v) is 8.17. The zero-order valence-electron chi connectivity index (χ0n) is 14.6. The molecule has 1 aromatic carbocycles. The van der Waals surface area contributed by atoms with Crippen LogP contribution < -0.4 is 5.32 Å². The molecule has 124 valence electrons. The minimum absolute atomic E-state index is 0.0138. The summed E-state index contributed by atoms with van der Waals surface area (Å²) in [6, 6.07) is 14.2. The van der Waals surface area contributed by atoms with Crippen molar-refractivity contribution in [2.24, 2.45) is 5.41 Å². The molecule has 4 heteroatoms. The predicted octanol–water partition coefficient (Wildman–Crippen LogP) is 4.22. The van der Waals surface area contributed by atoms with Gasteiger partial charge in [0.15, 0.2) is 0 Å². The number of imidazole rings is 1. The second-order valence-electron chi connectivity index (χ2n) is 7.21. The monoisotopic (exact) mass is 321 g/mol. The van der Waals surface area contributed by atoms with Crippen molar-refractivity contribution in [2.75, 3.05) is 5.32 Å². The Balaban J connectivity index is 2.07. The molecule has 2 aromatic heterocycles. The van der Waals surface area contributed by atoms with Crippen molar-refractivity contribution in [3.8, 4) is 0 Å². The number of aryl methyl sites for hydroxylation is 1. The van der Waals surface area contributed by atoms with E-state index in [4.69, 9.17) is 4.98 Å². The van der Waals surface area contributed by atoms with E-state index < -0.39 is 5.41 Å². The summed E-state index contributed by atoms with van der Waals surface area (Å²) in [5, 5.41) is 3.08. The number of anilines is 1. The van der Waals surface area contributed by atoms with Crippen molar-refractivity contribution in [2.45, 2.75) is 34.1 Å². The number of nitrogens with zero attached hydrogens (tertiary/aromatic N) is 2. The normalized spacial score (nSPS) is 11.7. The second kappa shape index (κ2) is 6.11. The molecule has 0 aliphatic heterocycles. The third-order valence-electron chi connectivity index (χ3n) is 3.97. The zero-order valence-corrected chi connectivity index (χ0v) is 14.6. The van der Waals surface area contributed by atoms with Gasteiger partial charge in [0.2, 0.25) is 5.91 Å². The quantitative estimate of drug-likeness (QED) is 0.785. The third-order valence-corrected chi connectivity index (χ3v) is 3.97. The highest BCUT2D eigenvalue weighted by Crippen LogP contribution is 2.24. The first-order chi connectivity index (χ1) is 11.3. The fourth-order valence-electron chi connectivity index (χ4n) is 2.54. The number of aromatic nitrogens is 2. The molecule has 0 bridgehead atoms. The smallest absolute Gasteiger partial charge is 0.230 e. The molecule has 0 unspecified atom stereocenters. The molecule has 0 aliphatic rings. The number of benzene rings is 1. The maximum absolute atomic E-state index is 12.5. The van der Waals surface area contributed by atoms with Crippen LogP contribution in [0.2, 0.25) is 0 Å². The van der Waals surface area contributed by atoms with Crippen LogP contribution in [0.15, 0.2) is 48.7 Å². The lowest BCUT2D eigenvalue weighted by molar-refractivity contribution is -0.123. The molecule has 1 N–H and O–H groups in total. The van der Waals surface area contributed by atoms with Crippen molar-refractivity contribution in [1.29, 1.82) is 0 Å². The van der Waals surface area contributed by atoms with E-state index in [1.54, 1.807) is 0 Å². The number of rotatable bonds is 3. The summed E-state index contributed by atoms with van der Waals surface area (Å²) in [5.74, 6) is 0.748. The van der Waals surface area contributed by atoms with Crippen LogP contribution >= 0.6 is 0 Å². The molecule has 2 heterocycles. The van der Waals surface area contributed by atoms with E-state index in [0.29, 0.717) is 6.42 Å². The summed E-state index contributed by atoms with van der Waals surface area (Å²) < 4.78 is 1.97. The Morgan fingerprint density at radius 3 is 2.50 bits per heavy atom. The van der Waals surface area contributed by atoms with E-state index in [1.165, 1.54) is 5.56 Å². The van der Waals surface area contributed by atoms with Gasteiger partial charge in [-0.05, 0) is 24.1 Å². The Bertz CT molecular complexity index is 873. The lowest BCUT2D eigenvalue weighted by atomic mass is 9.95. The van der Waals surface area contributed by atoms with Gasteiger partial charge in [0.1, 0.15) is 11.5 Å². The topological polar surface area (TPSA) is 46.4 Å². The molecule has 0 atom stereocenters. The number of amides is 1. The molecule has 0 radical (unpaired) electrons. The van der Waals surface area contributed by atoms with Gasteiger partial charge < -0.3 is 5.32 Å². The maximum Gasteiger partial charge on any atom is 0.230 e. The first kappa shape index (κ1) is 16.2. The van der Waals surface area contributed by atoms with E-state index in [2.05, 4.69) is 17.4 Å². The van der Waals surface area contributed by atoms with Gasteiger partial charge in [-0.15, -0.1) is 0 Å². The van der Waals surface area contributed by atoms with Gasteiger partial charge in [-0.25, -0.2) is 4.98 Å². The molecule has 3 rings (SSSR count). The molecular weight excluding hydrogens is 298 g/mol. The van der Waals surface area contributed by atoms with Crippen LogP contribution in [-0.2, 0) is 11.2 Å². The van der Waals surface area contributed by atoms with E-state index in [-0.39, 0.29) is 5.91 Å². The maximum atomic E-state index is 12.5. The van der Waals surface area contributed by atoms with Crippen molar-refractivity contribution in [3.63, 3.8) is 0 Å². The van der Waals surface area contributed by atoms with Crippen molar-refractivity contribution in [3.05, 3.63) is 65.5 Å². The predicted molar refractivity (Wildman–Crippen MR) is 97.3 cm³/mol. The van der Waals surface area contributed by atoms with E-state index in [1.807, 2.05) is 68.6 Å². The van der Waals surface area contributed by atoms with Crippen LogP contribution in [0.3, 0.4) is 0 Å². The summed E-state index contributed by atoms with van der Waals surface area (Å²) in [7, 11) is 0. The van der Waals surface area contributed by atoms with Crippen molar-refractivity contribution < 1.29 is 4.79 Å². The fraction of sp³-hybridized carbons (Fsp3) is 0.300. The highest BCUT2D eigenvalue weighted by molar-refractivity contribution is 5.94. The van der Waals surface area contributed by atoms with Crippen LogP contribution in [0.4, 0.5) is 5.82 Å². The number of fused-ring (bicyclic) bond motifs is 1. The van der Waals surface area contributed by atoms with Crippen LogP contribution in [0.1, 0.15) is 37.6 Å². The molecule has 3 aromatic rings. The molecule has 0 spiro atoms. The summed E-state index contributed by atoms with van der Waals surface area (Å²) in [6.07, 6.45) is 2.69. The van der Waals surface area contributed by atoms with E-state index in [9.17, 15) is 4.79 Å². The summed E-state index contributed by atoms with van der Waals surface area (Å²) in [4.78, 5) is 17.2. The van der Waals surface area contributed by atoms with Gasteiger partial charge in [0.05, 0.1) is 5.69 Å². The minimum Gasteiger partial charge on any atom is -0.310 e. The first-order valence-electron chi connectivity index (χ1n) is 8.17. The number of nitrogens with one attached hydrogen (secondary N) is 1. The molecule has 4 nitrogen and oxygen atoms in total. The average Bonchev–Trinajstić information content (AvgIpc) is 2.84. The van der Waals surface area contributed by atoms with Crippen molar-refractivity contribution >= 4 is 17.4 Å².